The Morgan fingerprint density at radius 3 is 2.55 bits per heavy atom. The summed E-state index contributed by atoms with van der Waals surface area (Å²) < 4.78 is 19.0. The first-order chi connectivity index (χ1) is 9.60. The predicted octanol–water partition coefficient (Wildman–Crippen LogP) is 3.48. The summed E-state index contributed by atoms with van der Waals surface area (Å²) in [6, 6.07) is 12.7. The number of carbonyl (C=O) groups excluding carboxylic acids is 1. The van der Waals surface area contributed by atoms with Crippen LogP contribution in [0.5, 0.6) is 5.75 Å². The van der Waals surface area contributed by atoms with Crippen molar-refractivity contribution in [3.63, 3.8) is 0 Å². The second-order valence-corrected chi connectivity index (χ2v) is 4.29. The summed E-state index contributed by atoms with van der Waals surface area (Å²) >= 11 is 0. The van der Waals surface area contributed by atoms with E-state index in [1.807, 2.05) is 6.07 Å². The Kier molecular flexibility index (Phi) is 4.11. The van der Waals surface area contributed by atoms with Gasteiger partial charge in [0.25, 0.3) is 0 Å². The number of ether oxygens (including phenoxy) is 1. The van der Waals surface area contributed by atoms with Crippen molar-refractivity contribution >= 4 is 5.78 Å². The highest BCUT2D eigenvalue weighted by atomic mass is 19.1. The molecule has 0 N–H and O–H groups in total. The van der Waals surface area contributed by atoms with Gasteiger partial charge in [-0.15, -0.1) is 0 Å². The quantitative estimate of drug-likeness (QED) is 0.798. The molecule has 0 saturated heterocycles. The van der Waals surface area contributed by atoms with Crippen molar-refractivity contribution in [3.8, 4) is 11.8 Å². The van der Waals surface area contributed by atoms with E-state index in [0.29, 0.717) is 22.4 Å². The molecule has 20 heavy (non-hydrogen) atoms. The summed E-state index contributed by atoms with van der Waals surface area (Å²) in [5.74, 6) is 0.102. The lowest BCUT2D eigenvalue weighted by molar-refractivity contribution is 0.101. The molecular formula is C16H12FNO2. The van der Waals surface area contributed by atoms with Gasteiger partial charge >= 0.3 is 0 Å². The highest BCUT2D eigenvalue weighted by Crippen LogP contribution is 2.16. The number of rotatable bonds is 4. The first kappa shape index (κ1) is 13.8. The van der Waals surface area contributed by atoms with Gasteiger partial charge in [-0.3, -0.25) is 4.79 Å². The SMILES string of the molecule is CC(=O)c1ccc(OCc2cc(C#N)ccc2F)cc1. The zero-order valence-electron chi connectivity index (χ0n) is 10.9. The van der Waals surface area contributed by atoms with Crippen LogP contribution >= 0.6 is 0 Å². The lowest BCUT2D eigenvalue weighted by atomic mass is 10.1. The average molecular weight is 269 g/mol. The number of benzene rings is 2. The molecule has 2 rings (SSSR count). The van der Waals surface area contributed by atoms with Crippen LogP contribution < -0.4 is 4.74 Å². The molecule has 2 aromatic carbocycles. The van der Waals surface area contributed by atoms with Gasteiger partial charge in [-0.25, -0.2) is 4.39 Å². The Morgan fingerprint density at radius 2 is 1.95 bits per heavy atom. The number of carbonyl (C=O) groups is 1. The Morgan fingerprint density at radius 1 is 1.25 bits per heavy atom. The van der Waals surface area contributed by atoms with Crippen molar-refractivity contribution in [2.75, 3.05) is 0 Å². The fraction of sp³-hybridized carbons (Fsp3) is 0.125. The monoisotopic (exact) mass is 269 g/mol. The highest BCUT2D eigenvalue weighted by Gasteiger charge is 2.05. The van der Waals surface area contributed by atoms with Gasteiger partial charge in [0.15, 0.2) is 5.78 Å². The molecule has 0 bridgehead atoms. The van der Waals surface area contributed by atoms with E-state index in [9.17, 15) is 9.18 Å². The van der Waals surface area contributed by atoms with E-state index in [4.69, 9.17) is 10.00 Å². The number of Topliss-reactive ketones (excluding diaryl/α,β-unsaturated/α-hetero) is 1. The van der Waals surface area contributed by atoms with Gasteiger partial charge < -0.3 is 4.74 Å². The van der Waals surface area contributed by atoms with E-state index in [1.165, 1.54) is 25.1 Å². The van der Waals surface area contributed by atoms with Gasteiger partial charge in [-0.05, 0) is 49.4 Å². The summed E-state index contributed by atoms with van der Waals surface area (Å²) in [5.41, 5.74) is 1.30. The molecule has 0 radical (unpaired) electrons. The van der Waals surface area contributed by atoms with E-state index < -0.39 is 5.82 Å². The van der Waals surface area contributed by atoms with Crippen LogP contribution in [-0.4, -0.2) is 5.78 Å². The average Bonchev–Trinajstić information content (AvgIpc) is 2.47. The molecule has 0 saturated carbocycles. The molecule has 100 valence electrons. The molecule has 0 aliphatic heterocycles. The largest absolute Gasteiger partial charge is 0.489 e. The van der Waals surface area contributed by atoms with Crippen LogP contribution in [0.15, 0.2) is 42.5 Å². The van der Waals surface area contributed by atoms with Crippen molar-refractivity contribution < 1.29 is 13.9 Å². The Balaban J connectivity index is 2.09. The molecule has 0 aliphatic carbocycles. The first-order valence-corrected chi connectivity index (χ1v) is 6.02. The number of hydrogen-bond acceptors (Lipinski definition) is 3. The zero-order valence-corrected chi connectivity index (χ0v) is 10.9. The summed E-state index contributed by atoms with van der Waals surface area (Å²) in [6.07, 6.45) is 0. The maximum Gasteiger partial charge on any atom is 0.159 e. The molecule has 0 fully saturated rings. The molecular weight excluding hydrogens is 257 g/mol. The molecule has 0 heterocycles. The van der Waals surface area contributed by atoms with Gasteiger partial charge in [0.05, 0.1) is 11.6 Å². The van der Waals surface area contributed by atoms with Gasteiger partial charge in [-0.1, -0.05) is 0 Å². The van der Waals surface area contributed by atoms with E-state index in [0.717, 1.165) is 0 Å². The predicted molar refractivity (Wildman–Crippen MR) is 71.9 cm³/mol. The van der Waals surface area contributed by atoms with E-state index in [1.54, 1.807) is 24.3 Å². The zero-order chi connectivity index (χ0) is 14.5. The second kappa shape index (κ2) is 5.98. The van der Waals surface area contributed by atoms with Gasteiger partial charge in [0, 0.05) is 11.1 Å². The first-order valence-electron chi connectivity index (χ1n) is 6.02. The molecule has 0 aromatic heterocycles. The number of ketones is 1. The van der Waals surface area contributed by atoms with Crippen LogP contribution in [0.2, 0.25) is 0 Å². The van der Waals surface area contributed by atoms with Crippen molar-refractivity contribution in [3.05, 3.63) is 65.0 Å². The molecule has 0 amide bonds. The molecule has 0 atom stereocenters. The van der Waals surface area contributed by atoms with Crippen LogP contribution in [-0.2, 0) is 6.61 Å². The highest BCUT2D eigenvalue weighted by molar-refractivity contribution is 5.94. The molecule has 0 aliphatic rings. The second-order valence-electron chi connectivity index (χ2n) is 4.29. The number of halogens is 1. The number of nitrogens with zero attached hydrogens (tertiary/aromatic N) is 1. The third kappa shape index (κ3) is 3.21. The third-order valence-electron chi connectivity index (χ3n) is 2.83. The van der Waals surface area contributed by atoms with Crippen molar-refractivity contribution in [2.45, 2.75) is 13.5 Å². The minimum Gasteiger partial charge on any atom is -0.489 e. The van der Waals surface area contributed by atoms with Crippen LogP contribution in [0.4, 0.5) is 4.39 Å². The molecule has 2 aromatic rings. The normalized spacial score (nSPS) is 9.85. The summed E-state index contributed by atoms with van der Waals surface area (Å²) in [6.45, 7) is 1.51. The molecule has 3 nitrogen and oxygen atoms in total. The molecule has 0 unspecified atom stereocenters. The van der Waals surface area contributed by atoms with Crippen LogP contribution in [0.1, 0.15) is 28.4 Å². The maximum atomic E-state index is 13.5. The molecule has 4 heteroatoms. The topological polar surface area (TPSA) is 50.1 Å². The summed E-state index contributed by atoms with van der Waals surface area (Å²) in [5, 5.41) is 8.78. The van der Waals surface area contributed by atoms with Gasteiger partial charge in [0.2, 0.25) is 0 Å². The number of nitriles is 1. The van der Waals surface area contributed by atoms with Gasteiger partial charge in [-0.2, -0.15) is 5.26 Å². The van der Waals surface area contributed by atoms with E-state index in [-0.39, 0.29) is 12.4 Å². The van der Waals surface area contributed by atoms with Crippen LogP contribution in [0.25, 0.3) is 0 Å². The number of hydrogen-bond donors (Lipinski definition) is 0. The lowest BCUT2D eigenvalue weighted by Crippen LogP contribution is -2.00. The smallest absolute Gasteiger partial charge is 0.159 e. The minimum atomic E-state index is -0.413. The summed E-state index contributed by atoms with van der Waals surface area (Å²) in [4.78, 5) is 11.1. The lowest BCUT2D eigenvalue weighted by Gasteiger charge is -2.08. The Bertz CT molecular complexity index is 672. The fourth-order valence-corrected chi connectivity index (χ4v) is 1.70. The van der Waals surface area contributed by atoms with Gasteiger partial charge in [0.1, 0.15) is 18.2 Å². The van der Waals surface area contributed by atoms with Crippen molar-refractivity contribution in [1.82, 2.24) is 0 Å². The van der Waals surface area contributed by atoms with E-state index >= 15 is 0 Å². The van der Waals surface area contributed by atoms with Crippen LogP contribution in [0, 0.1) is 17.1 Å². The Hall–Kier alpha value is -2.67. The third-order valence-corrected chi connectivity index (χ3v) is 2.83. The van der Waals surface area contributed by atoms with Crippen molar-refractivity contribution in [2.24, 2.45) is 0 Å². The Labute approximate surface area is 116 Å². The minimum absolute atomic E-state index is 0.0238. The standard InChI is InChI=1S/C16H12FNO2/c1-11(19)13-3-5-15(6-4-13)20-10-14-8-12(9-18)2-7-16(14)17/h2-8H,10H2,1H3. The maximum absolute atomic E-state index is 13.5. The molecule has 0 spiro atoms. The fourth-order valence-electron chi connectivity index (χ4n) is 1.70. The van der Waals surface area contributed by atoms with Crippen LogP contribution in [0.3, 0.4) is 0 Å². The van der Waals surface area contributed by atoms with Crippen molar-refractivity contribution in [1.29, 1.82) is 5.26 Å². The van der Waals surface area contributed by atoms with E-state index in [2.05, 4.69) is 0 Å². The summed E-state index contributed by atoms with van der Waals surface area (Å²) in [7, 11) is 0.